The number of nitrogens with two attached hydrogens (primary N) is 1. The summed E-state index contributed by atoms with van der Waals surface area (Å²) < 4.78 is 0. The summed E-state index contributed by atoms with van der Waals surface area (Å²) in [4.78, 5) is 4.31. The molecule has 1 heterocycles. The van der Waals surface area contributed by atoms with Crippen LogP contribution in [0.2, 0.25) is 0 Å². The van der Waals surface area contributed by atoms with E-state index in [9.17, 15) is 0 Å². The van der Waals surface area contributed by atoms with E-state index < -0.39 is 0 Å². The van der Waals surface area contributed by atoms with Crippen LogP contribution in [0.15, 0.2) is 12.1 Å². The van der Waals surface area contributed by atoms with E-state index in [2.05, 4.69) is 18.0 Å². The van der Waals surface area contributed by atoms with E-state index in [-0.39, 0.29) is 0 Å². The molecule has 1 aromatic rings. The van der Waals surface area contributed by atoms with Gasteiger partial charge in [-0.05, 0) is 30.4 Å². The fourth-order valence-corrected chi connectivity index (χ4v) is 1.67. The summed E-state index contributed by atoms with van der Waals surface area (Å²) in [5, 5.41) is 0. The van der Waals surface area contributed by atoms with Crippen molar-refractivity contribution in [3.8, 4) is 0 Å². The quantitative estimate of drug-likeness (QED) is 0.608. The van der Waals surface area contributed by atoms with Crippen molar-refractivity contribution < 1.29 is 0 Å². The van der Waals surface area contributed by atoms with Crippen molar-refractivity contribution in [3.63, 3.8) is 0 Å². The molecule has 58 valence electrons. The van der Waals surface area contributed by atoms with Crippen molar-refractivity contribution in [2.45, 2.75) is 25.7 Å². The van der Waals surface area contributed by atoms with Gasteiger partial charge in [0.1, 0.15) is 5.82 Å². The molecule has 2 rings (SSSR count). The standard InChI is InChI=1S/C9H12N2/c1-6-2-3-7-4-5-8(10)11-9(6)7/h4-6H,2-3H2,1H3,(H2,10,11). The highest BCUT2D eigenvalue weighted by molar-refractivity contribution is 5.37. The molecule has 1 aromatic heterocycles. The molecule has 1 aliphatic rings. The Morgan fingerprint density at radius 1 is 1.55 bits per heavy atom. The minimum atomic E-state index is 0.605. The van der Waals surface area contributed by atoms with Crippen molar-refractivity contribution in [3.05, 3.63) is 23.4 Å². The van der Waals surface area contributed by atoms with Gasteiger partial charge in [0, 0.05) is 5.69 Å². The Bertz CT molecular complexity index is 281. The minimum absolute atomic E-state index is 0.605. The number of pyridine rings is 1. The molecule has 1 atom stereocenters. The largest absolute Gasteiger partial charge is 0.384 e. The summed E-state index contributed by atoms with van der Waals surface area (Å²) in [5.41, 5.74) is 8.18. The highest BCUT2D eigenvalue weighted by atomic mass is 14.8. The van der Waals surface area contributed by atoms with Crippen LogP contribution in [-0.4, -0.2) is 4.98 Å². The fourth-order valence-electron chi connectivity index (χ4n) is 1.67. The third-order valence-corrected chi connectivity index (χ3v) is 2.35. The third kappa shape index (κ3) is 0.985. The molecule has 1 unspecified atom stereocenters. The van der Waals surface area contributed by atoms with Crippen LogP contribution in [0.3, 0.4) is 0 Å². The first-order valence-corrected chi connectivity index (χ1v) is 4.02. The third-order valence-electron chi connectivity index (χ3n) is 2.35. The van der Waals surface area contributed by atoms with Crippen molar-refractivity contribution in [2.24, 2.45) is 0 Å². The zero-order valence-electron chi connectivity index (χ0n) is 6.67. The molecule has 1 aliphatic carbocycles. The number of rotatable bonds is 0. The molecule has 0 spiro atoms. The van der Waals surface area contributed by atoms with E-state index in [0.717, 1.165) is 0 Å². The Labute approximate surface area is 66.4 Å². The maximum absolute atomic E-state index is 5.58. The van der Waals surface area contributed by atoms with Crippen LogP contribution in [0.25, 0.3) is 0 Å². The minimum Gasteiger partial charge on any atom is -0.384 e. The lowest BCUT2D eigenvalue weighted by Crippen LogP contribution is -1.96. The van der Waals surface area contributed by atoms with Gasteiger partial charge in [0.05, 0.1) is 0 Å². The van der Waals surface area contributed by atoms with Gasteiger partial charge in [-0.25, -0.2) is 4.98 Å². The molecule has 0 aromatic carbocycles. The Morgan fingerprint density at radius 3 is 3.18 bits per heavy atom. The maximum atomic E-state index is 5.58. The predicted molar refractivity (Wildman–Crippen MR) is 45.4 cm³/mol. The average Bonchev–Trinajstić information content (AvgIpc) is 2.33. The van der Waals surface area contributed by atoms with Crippen LogP contribution in [0.4, 0.5) is 5.82 Å². The van der Waals surface area contributed by atoms with E-state index >= 15 is 0 Å². The molecule has 0 aliphatic heterocycles. The second kappa shape index (κ2) is 2.22. The number of nitrogens with zero attached hydrogens (tertiary/aromatic N) is 1. The Hall–Kier alpha value is -1.05. The van der Waals surface area contributed by atoms with Crippen LogP contribution < -0.4 is 5.73 Å². The zero-order valence-corrected chi connectivity index (χ0v) is 6.67. The van der Waals surface area contributed by atoms with Crippen molar-refractivity contribution in [2.75, 3.05) is 5.73 Å². The molecular weight excluding hydrogens is 136 g/mol. The summed E-state index contributed by atoms with van der Waals surface area (Å²) in [5.74, 6) is 1.26. The zero-order chi connectivity index (χ0) is 7.84. The number of aromatic nitrogens is 1. The molecule has 0 radical (unpaired) electrons. The van der Waals surface area contributed by atoms with Gasteiger partial charge in [0.25, 0.3) is 0 Å². The van der Waals surface area contributed by atoms with Gasteiger partial charge < -0.3 is 5.73 Å². The molecule has 2 nitrogen and oxygen atoms in total. The highest BCUT2D eigenvalue weighted by Crippen LogP contribution is 2.31. The number of nitrogen functional groups attached to an aromatic ring is 1. The lowest BCUT2D eigenvalue weighted by molar-refractivity contribution is 0.732. The Morgan fingerprint density at radius 2 is 2.36 bits per heavy atom. The fraction of sp³-hybridized carbons (Fsp3) is 0.444. The van der Waals surface area contributed by atoms with Crippen LogP contribution in [0, 0.1) is 0 Å². The van der Waals surface area contributed by atoms with Gasteiger partial charge >= 0.3 is 0 Å². The van der Waals surface area contributed by atoms with E-state index in [0.29, 0.717) is 11.7 Å². The molecule has 2 N–H and O–H groups in total. The number of aryl methyl sites for hydroxylation is 1. The molecule has 0 saturated carbocycles. The van der Waals surface area contributed by atoms with Crippen molar-refractivity contribution in [1.82, 2.24) is 4.98 Å². The van der Waals surface area contributed by atoms with Crippen LogP contribution >= 0.6 is 0 Å². The van der Waals surface area contributed by atoms with Crippen molar-refractivity contribution in [1.29, 1.82) is 0 Å². The molecule has 0 bridgehead atoms. The first-order valence-electron chi connectivity index (χ1n) is 4.02. The second-order valence-electron chi connectivity index (χ2n) is 3.22. The van der Waals surface area contributed by atoms with Gasteiger partial charge in [-0.2, -0.15) is 0 Å². The smallest absolute Gasteiger partial charge is 0.123 e. The SMILES string of the molecule is CC1CCc2ccc(N)nc21. The molecule has 2 heteroatoms. The van der Waals surface area contributed by atoms with E-state index in [4.69, 9.17) is 5.73 Å². The summed E-state index contributed by atoms with van der Waals surface area (Å²) in [7, 11) is 0. The van der Waals surface area contributed by atoms with E-state index in [1.165, 1.54) is 24.1 Å². The van der Waals surface area contributed by atoms with Crippen LogP contribution in [0.5, 0.6) is 0 Å². The summed E-state index contributed by atoms with van der Waals surface area (Å²) >= 11 is 0. The highest BCUT2D eigenvalue weighted by Gasteiger charge is 2.19. The molecular formula is C9H12N2. The van der Waals surface area contributed by atoms with Gasteiger partial charge in [-0.1, -0.05) is 13.0 Å². The summed E-state index contributed by atoms with van der Waals surface area (Å²) in [6, 6.07) is 3.98. The normalized spacial score (nSPS) is 21.7. The predicted octanol–water partition coefficient (Wildman–Crippen LogP) is 1.71. The second-order valence-corrected chi connectivity index (χ2v) is 3.22. The van der Waals surface area contributed by atoms with Crippen LogP contribution in [0.1, 0.15) is 30.5 Å². The van der Waals surface area contributed by atoms with Gasteiger partial charge in [0.2, 0.25) is 0 Å². The molecule has 0 fully saturated rings. The lowest BCUT2D eigenvalue weighted by atomic mass is 10.1. The van der Waals surface area contributed by atoms with E-state index in [1.54, 1.807) is 0 Å². The summed E-state index contributed by atoms with van der Waals surface area (Å²) in [6.45, 7) is 2.21. The Balaban J connectivity index is 2.52. The van der Waals surface area contributed by atoms with Crippen molar-refractivity contribution >= 4 is 5.82 Å². The maximum Gasteiger partial charge on any atom is 0.123 e. The first kappa shape index (κ1) is 6.65. The molecule has 0 amide bonds. The molecule has 0 saturated heterocycles. The van der Waals surface area contributed by atoms with Gasteiger partial charge in [-0.15, -0.1) is 0 Å². The Kier molecular flexibility index (Phi) is 1.34. The number of anilines is 1. The molecule has 11 heavy (non-hydrogen) atoms. The topological polar surface area (TPSA) is 38.9 Å². The number of fused-ring (bicyclic) bond motifs is 1. The van der Waals surface area contributed by atoms with Crippen LogP contribution in [-0.2, 0) is 6.42 Å². The van der Waals surface area contributed by atoms with Gasteiger partial charge in [0.15, 0.2) is 0 Å². The first-order chi connectivity index (χ1) is 5.27. The number of hydrogen-bond acceptors (Lipinski definition) is 2. The average molecular weight is 148 g/mol. The van der Waals surface area contributed by atoms with E-state index in [1.807, 2.05) is 6.07 Å². The number of hydrogen-bond donors (Lipinski definition) is 1. The van der Waals surface area contributed by atoms with Gasteiger partial charge in [-0.3, -0.25) is 0 Å². The monoisotopic (exact) mass is 148 g/mol. The lowest BCUT2D eigenvalue weighted by Gasteiger charge is -2.02. The summed E-state index contributed by atoms with van der Waals surface area (Å²) in [6.07, 6.45) is 2.40.